The maximum atomic E-state index is 12.2. The van der Waals surface area contributed by atoms with Gasteiger partial charge in [0.1, 0.15) is 0 Å². The molecule has 0 amide bonds. The number of ketones is 1. The van der Waals surface area contributed by atoms with Crippen LogP contribution in [0.1, 0.15) is 16.2 Å². The van der Waals surface area contributed by atoms with E-state index in [1.54, 1.807) is 21.3 Å². The number of aromatic nitrogens is 4. The first-order valence-corrected chi connectivity index (χ1v) is 6.57. The van der Waals surface area contributed by atoms with Crippen LogP contribution in [0, 0.1) is 6.92 Å². The Morgan fingerprint density at radius 1 is 1.42 bits per heavy atom. The smallest absolute Gasteiger partial charge is 0.372 e. The molecule has 0 atom stereocenters. The monoisotopic (exact) mass is 274 g/mol. The molecule has 0 aliphatic carbocycles. The number of rotatable bonds is 3. The van der Waals surface area contributed by atoms with Crippen LogP contribution in [0.4, 0.5) is 5.13 Å². The highest BCUT2D eigenvalue weighted by Gasteiger charge is 2.23. The number of aryl methyl sites for hydroxylation is 1. The lowest BCUT2D eigenvalue weighted by Gasteiger charge is -1.96. The third kappa shape index (κ3) is 2.08. The molecule has 0 spiro atoms. The molecule has 0 saturated heterocycles. The third-order valence-corrected chi connectivity index (χ3v) is 3.61. The minimum absolute atomic E-state index is 0.0116. The predicted octanol–water partition coefficient (Wildman–Crippen LogP) is 0.852. The van der Waals surface area contributed by atoms with Crippen LogP contribution in [0.15, 0.2) is 30.3 Å². The van der Waals surface area contributed by atoms with Crippen molar-refractivity contribution in [2.24, 2.45) is 0 Å². The van der Waals surface area contributed by atoms with E-state index in [2.05, 4.69) is 10.2 Å². The molecule has 2 N–H and O–H groups in total. The molecule has 3 aromatic rings. The molecule has 1 aromatic carbocycles. The van der Waals surface area contributed by atoms with E-state index >= 15 is 0 Å². The maximum Gasteiger partial charge on any atom is 0.393 e. The molecular weight excluding hydrogens is 262 g/mol. The van der Waals surface area contributed by atoms with E-state index in [0.717, 1.165) is 4.96 Å². The Bertz CT molecular complexity index is 746. The standard InChI is InChI=1S/C12H12N5OS/c1-8-14-16(12-17(8)15-11(13)19-12)7-10(18)9-5-3-2-4-6-9/h2-6H,7H2,1H3,(H2,13,15)/q+1. The third-order valence-electron chi connectivity index (χ3n) is 2.76. The number of anilines is 1. The molecule has 2 heterocycles. The molecule has 3 rings (SSSR count). The maximum absolute atomic E-state index is 12.2. The van der Waals surface area contributed by atoms with E-state index < -0.39 is 0 Å². The van der Waals surface area contributed by atoms with Crippen molar-refractivity contribution in [3.8, 4) is 0 Å². The number of fused-ring (bicyclic) bond motifs is 1. The Hall–Kier alpha value is -2.28. The van der Waals surface area contributed by atoms with Gasteiger partial charge in [-0.1, -0.05) is 34.8 Å². The van der Waals surface area contributed by atoms with Crippen LogP contribution < -0.4 is 10.4 Å². The zero-order valence-corrected chi connectivity index (χ0v) is 11.1. The van der Waals surface area contributed by atoms with Crippen molar-refractivity contribution in [2.45, 2.75) is 13.5 Å². The van der Waals surface area contributed by atoms with Crippen molar-refractivity contribution in [2.75, 3.05) is 5.73 Å². The van der Waals surface area contributed by atoms with Crippen molar-refractivity contribution in [1.29, 1.82) is 0 Å². The average molecular weight is 274 g/mol. The lowest BCUT2D eigenvalue weighted by molar-refractivity contribution is -0.713. The quantitative estimate of drug-likeness (QED) is 0.567. The summed E-state index contributed by atoms with van der Waals surface area (Å²) in [6.45, 7) is 2.01. The molecule has 0 fully saturated rings. The normalized spacial score (nSPS) is 11.0. The summed E-state index contributed by atoms with van der Waals surface area (Å²) in [7, 11) is 0. The van der Waals surface area contributed by atoms with Gasteiger partial charge in [-0.3, -0.25) is 4.79 Å². The molecule has 6 nitrogen and oxygen atoms in total. The summed E-state index contributed by atoms with van der Waals surface area (Å²) in [6.07, 6.45) is 0. The van der Waals surface area contributed by atoms with Crippen molar-refractivity contribution in [3.05, 3.63) is 41.7 Å². The number of hydrogen-bond donors (Lipinski definition) is 1. The molecule has 0 bridgehead atoms. The van der Waals surface area contributed by atoms with Gasteiger partial charge in [0, 0.05) is 12.5 Å². The van der Waals surface area contributed by atoms with Crippen LogP contribution in [-0.4, -0.2) is 20.5 Å². The van der Waals surface area contributed by atoms with Crippen molar-refractivity contribution in [3.63, 3.8) is 0 Å². The second-order valence-corrected chi connectivity index (χ2v) is 5.12. The molecule has 0 unspecified atom stereocenters. The van der Waals surface area contributed by atoms with Gasteiger partial charge in [-0.15, -0.1) is 4.68 Å². The van der Waals surface area contributed by atoms with Gasteiger partial charge in [0.15, 0.2) is 6.54 Å². The number of carbonyl (C=O) groups excluding carboxylic acids is 1. The minimum Gasteiger partial charge on any atom is -0.372 e. The van der Waals surface area contributed by atoms with Crippen LogP contribution in [0.5, 0.6) is 0 Å². The Morgan fingerprint density at radius 3 is 2.89 bits per heavy atom. The molecule has 2 aromatic heterocycles. The molecule has 19 heavy (non-hydrogen) atoms. The van der Waals surface area contributed by atoms with Gasteiger partial charge in [0.05, 0.1) is 0 Å². The summed E-state index contributed by atoms with van der Waals surface area (Å²) >= 11 is 1.31. The molecule has 0 radical (unpaired) electrons. The summed E-state index contributed by atoms with van der Waals surface area (Å²) in [5.74, 6) is 0.724. The van der Waals surface area contributed by atoms with E-state index in [0.29, 0.717) is 16.5 Å². The Balaban J connectivity index is 1.95. The molecule has 0 aliphatic rings. The number of hydrogen-bond acceptors (Lipinski definition) is 5. The van der Waals surface area contributed by atoms with Gasteiger partial charge in [-0.25, -0.2) is 0 Å². The van der Waals surface area contributed by atoms with Gasteiger partial charge in [0.25, 0.3) is 5.82 Å². The SMILES string of the molecule is Cc1n[n+](CC(=O)c2ccccc2)c2sc(N)nn12. The zero-order valence-electron chi connectivity index (χ0n) is 10.3. The highest BCUT2D eigenvalue weighted by atomic mass is 32.1. The van der Waals surface area contributed by atoms with Crippen LogP contribution >= 0.6 is 11.3 Å². The zero-order chi connectivity index (χ0) is 13.4. The number of carbonyl (C=O) groups is 1. The van der Waals surface area contributed by atoms with E-state index in [-0.39, 0.29) is 12.3 Å². The lowest BCUT2D eigenvalue weighted by Crippen LogP contribution is -2.40. The Kier molecular flexibility index (Phi) is 2.75. The number of Topliss-reactive ketones (excluding diaryl/α,β-unsaturated/α-hetero) is 1. The molecule has 7 heteroatoms. The fourth-order valence-corrected chi connectivity index (χ4v) is 2.67. The second-order valence-electron chi connectivity index (χ2n) is 4.13. The van der Waals surface area contributed by atoms with Crippen molar-refractivity contribution in [1.82, 2.24) is 14.7 Å². The first kappa shape index (κ1) is 11.8. The first-order valence-electron chi connectivity index (χ1n) is 5.75. The minimum atomic E-state index is 0.0116. The van der Waals surface area contributed by atoms with E-state index in [9.17, 15) is 4.79 Å². The van der Waals surface area contributed by atoms with Gasteiger partial charge in [0.2, 0.25) is 10.9 Å². The highest BCUT2D eigenvalue weighted by Crippen LogP contribution is 2.14. The van der Waals surface area contributed by atoms with Crippen molar-refractivity contribution >= 4 is 27.2 Å². The number of nitrogens with zero attached hydrogens (tertiary/aromatic N) is 4. The van der Waals surface area contributed by atoms with Gasteiger partial charge >= 0.3 is 4.96 Å². The van der Waals surface area contributed by atoms with Crippen LogP contribution in [0.3, 0.4) is 0 Å². The molecule has 96 valence electrons. The molecular formula is C12H12N5OS+. The van der Waals surface area contributed by atoms with Gasteiger partial charge < -0.3 is 5.73 Å². The van der Waals surface area contributed by atoms with E-state index in [4.69, 9.17) is 5.73 Å². The molecule has 0 aliphatic heterocycles. The number of nitrogen functional groups attached to an aromatic ring is 1. The second kappa shape index (κ2) is 4.43. The van der Waals surface area contributed by atoms with Crippen LogP contribution in [-0.2, 0) is 6.54 Å². The summed E-state index contributed by atoms with van der Waals surface area (Å²) in [6, 6.07) is 9.16. The van der Waals surface area contributed by atoms with E-state index in [1.807, 2.05) is 25.1 Å². The fraction of sp³-hybridized carbons (Fsp3) is 0.167. The van der Waals surface area contributed by atoms with Crippen molar-refractivity contribution < 1.29 is 9.48 Å². The predicted molar refractivity (Wildman–Crippen MR) is 71.0 cm³/mol. The van der Waals surface area contributed by atoms with Gasteiger partial charge in [-0.2, -0.15) is 0 Å². The lowest BCUT2D eigenvalue weighted by atomic mass is 10.1. The Labute approximate surface area is 113 Å². The van der Waals surface area contributed by atoms with Crippen LogP contribution in [0.2, 0.25) is 0 Å². The summed E-state index contributed by atoms with van der Waals surface area (Å²) < 4.78 is 3.29. The van der Waals surface area contributed by atoms with Gasteiger partial charge in [-0.05, 0) is 21.5 Å². The molecule has 0 saturated carbocycles. The summed E-state index contributed by atoms with van der Waals surface area (Å²) in [4.78, 5) is 12.9. The summed E-state index contributed by atoms with van der Waals surface area (Å²) in [5.41, 5.74) is 6.35. The highest BCUT2D eigenvalue weighted by molar-refractivity contribution is 7.19. The largest absolute Gasteiger partial charge is 0.393 e. The average Bonchev–Trinajstić information content (AvgIpc) is 2.91. The topological polar surface area (TPSA) is 77.2 Å². The first-order chi connectivity index (χ1) is 9.15. The number of benzene rings is 1. The summed E-state index contributed by atoms with van der Waals surface area (Å²) in [5, 5.41) is 8.90. The number of nitrogens with two attached hydrogens (primary N) is 1. The Morgan fingerprint density at radius 2 is 2.16 bits per heavy atom. The fourth-order valence-electron chi connectivity index (χ4n) is 1.89. The van der Waals surface area contributed by atoms with Crippen LogP contribution in [0.25, 0.3) is 4.96 Å². The van der Waals surface area contributed by atoms with E-state index in [1.165, 1.54) is 11.3 Å².